The van der Waals surface area contributed by atoms with Gasteiger partial charge in [-0.1, -0.05) is 18.2 Å². The summed E-state index contributed by atoms with van der Waals surface area (Å²) in [5.41, 5.74) is -0.203. The summed E-state index contributed by atoms with van der Waals surface area (Å²) in [7, 11) is 1.69. The molecule has 0 atom stereocenters. The predicted molar refractivity (Wildman–Crippen MR) is 125 cm³/mol. The van der Waals surface area contributed by atoms with Crippen molar-refractivity contribution >= 4 is 35.8 Å². The molecule has 1 aliphatic carbocycles. The van der Waals surface area contributed by atoms with Gasteiger partial charge >= 0.3 is 6.18 Å². The highest BCUT2D eigenvalue weighted by Crippen LogP contribution is 2.48. The summed E-state index contributed by atoms with van der Waals surface area (Å²) in [5, 5.41) is 3.34. The van der Waals surface area contributed by atoms with Crippen molar-refractivity contribution in [3.63, 3.8) is 0 Å². The molecule has 1 amide bonds. The summed E-state index contributed by atoms with van der Waals surface area (Å²) < 4.78 is 44.5. The van der Waals surface area contributed by atoms with E-state index in [0.29, 0.717) is 50.0 Å². The van der Waals surface area contributed by atoms with Crippen LogP contribution in [0.1, 0.15) is 34.5 Å². The third-order valence-electron chi connectivity index (χ3n) is 6.05. The third-order valence-corrected chi connectivity index (χ3v) is 6.05. The Morgan fingerprint density at radius 3 is 2.38 bits per heavy atom. The lowest BCUT2D eigenvalue weighted by Crippen LogP contribution is -2.54. The fourth-order valence-corrected chi connectivity index (χ4v) is 4.00. The van der Waals surface area contributed by atoms with Gasteiger partial charge in [0.05, 0.1) is 11.8 Å². The number of hydrogen-bond donors (Lipinski definition) is 1. The van der Waals surface area contributed by atoms with E-state index in [1.54, 1.807) is 30.1 Å². The van der Waals surface area contributed by atoms with Crippen LogP contribution in [0.15, 0.2) is 52.1 Å². The summed E-state index contributed by atoms with van der Waals surface area (Å²) in [5.74, 6) is 0.894. The molecular formula is C22H26F3IN4O2. The van der Waals surface area contributed by atoms with Crippen LogP contribution in [-0.2, 0) is 11.6 Å². The molecule has 2 aromatic rings. The Balaban J connectivity index is 0.00000289. The average molecular weight is 562 g/mol. The van der Waals surface area contributed by atoms with Crippen molar-refractivity contribution < 1.29 is 22.4 Å². The van der Waals surface area contributed by atoms with Crippen LogP contribution in [0, 0.1) is 0 Å². The quantitative estimate of drug-likeness (QED) is 0.348. The Labute approximate surface area is 201 Å². The van der Waals surface area contributed by atoms with Gasteiger partial charge in [0.25, 0.3) is 5.91 Å². The minimum absolute atomic E-state index is 0. The molecule has 1 aromatic carbocycles. The SMILES string of the molecule is CN=C(NCC1(c2cccc(C(F)(F)F)c2)CC1)N1CCN(C(=O)c2ccco2)CC1.I. The van der Waals surface area contributed by atoms with Crippen molar-refractivity contribution in [2.24, 2.45) is 4.99 Å². The number of carbonyl (C=O) groups is 1. The second-order valence-electron chi connectivity index (χ2n) is 8.02. The van der Waals surface area contributed by atoms with Crippen LogP contribution >= 0.6 is 24.0 Å². The number of hydrogen-bond acceptors (Lipinski definition) is 3. The number of rotatable bonds is 4. The first-order valence-corrected chi connectivity index (χ1v) is 10.3. The predicted octanol–water partition coefficient (Wildman–Crippen LogP) is 3.98. The van der Waals surface area contributed by atoms with Crippen LogP contribution in [0.4, 0.5) is 13.2 Å². The maximum absolute atomic E-state index is 13.1. The summed E-state index contributed by atoms with van der Waals surface area (Å²) in [6.45, 7) is 2.83. The fourth-order valence-electron chi connectivity index (χ4n) is 4.00. The molecule has 0 spiro atoms. The standard InChI is InChI=1S/C22H25F3N4O2.HI/c1-26-20(29-11-9-28(10-12-29)19(30)18-6-3-13-31-18)27-15-21(7-8-21)16-4-2-5-17(14-16)22(23,24)25;/h2-6,13-14H,7-12,15H2,1H3,(H,26,27);1H. The zero-order chi connectivity index (χ0) is 22.1. The number of aliphatic imine (C=N–C) groups is 1. The number of amides is 1. The maximum atomic E-state index is 13.1. The normalized spacial score (nSPS) is 18.2. The third kappa shape index (κ3) is 5.21. The molecule has 4 rings (SSSR count). The minimum atomic E-state index is -4.34. The van der Waals surface area contributed by atoms with E-state index in [-0.39, 0.29) is 35.3 Å². The van der Waals surface area contributed by atoms with Gasteiger partial charge in [-0.25, -0.2) is 0 Å². The molecule has 2 aliphatic rings. The smallest absolute Gasteiger partial charge is 0.416 e. The molecule has 2 heterocycles. The van der Waals surface area contributed by atoms with Gasteiger partial charge in [0.2, 0.25) is 0 Å². The van der Waals surface area contributed by atoms with Crippen molar-refractivity contribution in [2.75, 3.05) is 39.8 Å². The van der Waals surface area contributed by atoms with Crippen molar-refractivity contribution in [3.8, 4) is 0 Å². The molecule has 6 nitrogen and oxygen atoms in total. The van der Waals surface area contributed by atoms with Crippen LogP contribution in [0.25, 0.3) is 0 Å². The highest BCUT2D eigenvalue weighted by atomic mass is 127. The summed E-state index contributed by atoms with van der Waals surface area (Å²) >= 11 is 0. The first-order chi connectivity index (χ1) is 14.8. The van der Waals surface area contributed by atoms with Gasteiger partial charge in [0.15, 0.2) is 11.7 Å². The number of guanidine groups is 1. The highest BCUT2D eigenvalue weighted by Gasteiger charge is 2.45. The number of halogens is 4. The van der Waals surface area contributed by atoms with Crippen LogP contribution in [0.5, 0.6) is 0 Å². The number of benzene rings is 1. The molecule has 1 saturated heterocycles. The van der Waals surface area contributed by atoms with Gasteiger partial charge in [-0.3, -0.25) is 9.79 Å². The minimum Gasteiger partial charge on any atom is -0.459 e. The molecule has 0 radical (unpaired) electrons. The lowest BCUT2D eigenvalue weighted by molar-refractivity contribution is -0.137. The van der Waals surface area contributed by atoms with E-state index in [4.69, 9.17) is 4.42 Å². The maximum Gasteiger partial charge on any atom is 0.416 e. The van der Waals surface area contributed by atoms with E-state index in [0.717, 1.165) is 18.9 Å². The molecule has 1 aliphatic heterocycles. The van der Waals surface area contributed by atoms with Crippen LogP contribution < -0.4 is 5.32 Å². The van der Waals surface area contributed by atoms with Crippen molar-refractivity contribution in [3.05, 3.63) is 59.5 Å². The fraction of sp³-hybridized carbons (Fsp3) is 0.455. The lowest BCUT2D eigenvalue weighted by atomic mass is 9.94. The highest BCUT2D eigenvalue weighted by molar-refractivity contribution is 14.0. The molecule has 0 bridgehead atoms. The van der Waals surface area contributed by atoms with Crippen LogP contribution in [0.3, 0.4) is 0 Å². The number of alkyl halides is 3. The molecule has 174 valence electrons. The Bertz CT molecular complexity index is 950. The van der Waals surface area contributed by atoms with Gasteiger partial charge in [0.1, 0.15) is 0 Å². The Morgan fingerprint density at radius 2 is 1.81 bits per heavy atom. The largest absolute Gasteiger partial charge is 0.459 e. The first kappa shape index (κ1) is 24.4. The van der Waals surface area contributed by atoms with E-state index in [1.807, 2.05) is 0 Å². The average Bonchev–Trinajstić information content (AvgIpc) is 3.36. The number of nitrogens with zero attached hydrogens (tertiary/aromatic N) is 3. The molecule has 1 N–H and O–H groups in total. The topological polar surface area (TPSA) is 61.1 Å². The Kier molecular flexibility index (Phi) is 7.41. The van der Waals surface area contributed by atoms with Gasteiger partial charge < -0.3 is 19.5 Å². The van der Waals surface area contributed by atoms with Crippen LogP contribution in [0.2, 0.25) is 0 Å². The van der Waals surface area contributed by atoms with E-state index in [2.05, 4.69) is 15.2 Å². The molecule has 0 unspecified atom stereocenters. The van der Waals surface area contributed by atoms with Gasteiger partial charge in [-0.15, -0.1) is 24.0 Å². The number of carbonyl (C=O) groups excluding carboxylic acids is 1. The lowest BCUT2D eigenvalue weighted by Gasteiger charge is -2.36. The van der Waals surface area contributed by atoms with Crippen molar-refractivity contribution in [2.45, 2.75) is 24.4 Å². The van der Waals surface area contributed by atoms with E-state index in [1.165, 1.54) is 18.4 Å². The monoisotopic (exact) mass is 562 g/mol. The second kappa shape index (κ2) is 9.72. The van der Waals surface area contributed by atoms with Crippen molar-refractivity contribution in [1.82, 2.24) is 15.1 Å². The molecule has 32 heavy (non-hydrogen) atoms. The van der Waals surface area contributed by atoms with Gasteiger partial charge in [0, 0.05) is 45.2 Å². The molecule has 1 saturated carbocycles. The molecule has 10 heteroatoms. The van der Waals surface area contributed by atoms with Crippen molar-refractivity contribution in [1.29, 1.82) is 0 Å². The van der Waals surface area contributed by atoms with E-state index in [9.17, 15) is 18.0 Å². The van der Waals surface area contributed by atoms with Gasteiger partial charge in [-0.05, 0) is 36.6 Å². The van der Waals surface area contributed by atoms with Crippen LogP contribution in [-0.4, -0.2) is 61.4 Å². The Morgan fingerprint density at radius 1 is 1.12 bits per heavy atom. The molecule has 2 fully saturated rings. The second-order valence-corrected chi connectivity index (χ2v) is 8.02. The Hall–Kier alpha value is -2.24. The zero-order valence-electron chi connectivity index (χ0n) is 17.7. The number of furan rings is 1. The molecular weight excluding hydrogens is 536 g/mol. The number of piperazine rings is 1. The van der Waals surface area contributed by atoms with E-state index < -0.39 is 11.7 Å². The van der Waals surface area contributed by atoms with Gasteiger partial charge in [-0.2, -0.15) is 13.2 Å². The van der Waals surface area contributed by atoms with E-state index >= 15 is 0 Å². The number of nitrogens with one attached hydrogen (secondary N) is 1. The zero-order valence-corrected chi connectivity index (χ0v) is 20.0. The summed E-state index contributed by atoms with van der Waals surface area (Å²) in [4.78, 5) is 20.6. The first-order valence-electron chi connectivity index (χ1n) is 10.3. The summed E-state index contributed by atoms with van der Waals surface area (Å²) in [6.07, 6.45) is -1.19. The summed E-state index contributed by atoms with van der Waals surface area (Å²) in [6, 6.07) is 8.95. The molecule has 1 aromatic heterocycles.